The highest BCUT2D eigenvalue weighted by Crippen LogP contribution is 2.17. The molecular weight excluding hydrogens is 242 g/mol. The van der Waals surface area contributed by atoms with Crippen molar-refractivity contribution in [1.29, 1.82) is 0 Å². The van der Waals surface area contributed by atoms with Gasteiger partial charge in [0.25, 0.3) is 0 Å². The molecule has 0 amide bonds. The van der Waals surface area contributed by atoms with E-state index in [1.807, 2.05) is 18.8 Å². The molecule has 0 atom stereocenters. The molecule has 3 nitrogen and oxygen atoms in total. The summed E-state index contributed by atoms with van der Waals surface area (Å²) in [6.07, 6.45) is 3.32. The summed E-state index contributed by atoms with van der Waals surface area (Å²) in [5.41, 5.74) is 4.11. The molecule has 104 valence electrons. The van der Waals surface area contributed by atoms with Gasteiger partial charge in [0.2, 0.25) is 0 Å². The number of rotatable bonds is 9. The Morgan fingerprint density at radius 3 is 2.56 bits per heavy atom. The molecule has 0 unspecified atom stereocenters. The Labute approximate surface area is 116 Å². The summed E-state index contributed by atoms with van der Waals surface area (Å²) in [6, 6.07) is 0. The Kier molecular flexibility index (Phi) is 7.44. The summed E-state index contributed by atoms with van der Waals surface area (Å²) in [4.78, 5) is 0. The lowest BCUT2D eigenvalue weighted by Crippen LogP contribution is -2.10. The van der Waals surface area contributed by atoms with Crippen LogP contribution in [0.4, 0.5) is 0 Å². The zero-order valence-electron chi connectivity index (χ0n) is 12.3. The van der Waals surface area contributed by atoms with Crippen LogP contribution in [0.5, 0.6) is 0 Å². The monoisotopic (exact) mass is 269 g/mol. The number of hydrogen-bond donors (Lipinski definition) is 1. The fraction of sp³-hybridized carbons (Fsp3) is 0.786. The first kappa shape index (κ1) is 15.6. The molecule has 0 radical (unpaired) electrons. The van der Waals surface area contributed by atoms with E-state index in [0.717, 1.165) is 25.9 Å². The van der Waals surface area contributed by atoms with Crippen molar-refractivity contribution in [2.45, 2.75) is 53.1 Å². The first-order chi connectivity index (χ1) is 8.78. The minimum atomic E-state index is 0.941. The van der Waals surface area contributed by atoms with Crippen molar-refractivity contribution in [2.75, 3.05) is 18.6 Å². The third-order valence-electron chi connectivity index (χ3n) is 3.14. The van der Waals surface area contributed by atoms with Crippen LogP contribution in [0.15, 0.2) is 0 Å². The highest BCUT2D eigenvalue weighted by Gasteiger charge is 2.14. The molecule has 1 aromatic rings. The zero-order chi connectivity index (χ0) is 13.4. The molecule has 1 aromatic heterocycles. The summed E-state index contributed by atoms with van der Waals surface area (Å²) in [5, 5.41) is 8.05. The van der Waals surface area contributed by atoms with E-state index >= 15 is 0 Å². The predicted octanol–water partition coefficient (Wildman–Crippen LogP) is 2.87. The second kappa shape index (κ2) is 8.59. The summed E-state index contributed by atoms with van der Waals surface area (Å²) >= 11 is 2.01. The van der Waals surface area contributed by atoms with Crippen molar-refractivity contribution in [3.63, 3.8) is 0 Å². The van der Waals surface area contributed by atoms with Crippen LogP contribution >= 0.6 is 11.8 Å². The van der Waals surface area contributed by atoms with Crippen molar-refractivity contribution >= 4 is 11.8 Å². The van der Waals surface area contributed by atoms with Crippen LogP contribution in [0, 0.1) is 0 Å². The number of nitrogens with zero attached hydrogens (tertiary/aromatic N) is 2. The van der Waals surface area contributed by atoms with Gasteiger partial charge >= 0.3 is 0 Å². The fourth-order valence-corrected chi connectivity index (χ4v) is 2.92. The molecule has 0 aliphatic heterocycles. The number of nitrogens with one attached hydrogen (secondary N) is 1. The van der Waals surface area contributed by atoms with Crippen molar-refractivity contribution in [1.82, 2.24) is 15.1 Å². The third-order valence-corrected chi connectivity index (χ3v) is 4.12. The Morgan fingerprint density at radius 1 is 1.22 bits per heavy atom. The van der Waals surface area contributed by atoms with E-state index < -0.39 is 0 Å². The van der Waals surface area contributed by atoms with Gasteiger partial charge in [-0.3, -0.25) is 4.68 Å². The van der Waals surface area contributed by atoms with Gasteiger partial charge in [-0.05, 0) is 37.8 Å². The molecule has 1 heterocycles. The zero-order valence-corrected chi connectivity index (χ0v) is 13.1. The van der Waals surface area contributed by atoms with Crippen molar-refractivity contribution in [2.24, 2.45) is 0 Å². The topological polar surface area (TPSA) is 29.9 Å². The van der Waals surface area contributed by atoms with Crippen LogP contribution in [-0.4, -0.2) is 28.3 Å². The number of aromatic nitrogens is 2. The molecule has 0 bridgehead atoms. The average molecular weight is 269 g/mol. The summed E-state index contributed by atoms with van der Waals surface area (Å²) in [7, 11) is 2.01. The minimum Gasteiger partial charge on any atom is -0.316 e. The van der Waals surface area contributed by atoms with Crippen molar-refractivity contribution in [3.05, 3.63) is 17.0 Å². The van der Waals surface area contributed by atoms with Gasteiger partial charge in [0.05, 0.1) is 5.69 Å². The lowest BCUT2D eigenvalue weighted by molar-refractivity contribution is 0.573. The number of aryl methyl sites for hydroxylation is 2. The molecule has 0 saturated heterocycles. The van der Waals surface area contributed by atoms with Crippen molar-refractivity contribution in [3.8, 4) is 0 Å². The molecule has 1 N–H and O–H groups in total. The first-order valence-corrected chi connectivity index (χ1v) is 8.23. The van der Waals surface area contributed by atoms with E-state index in [1.54, 1.807) is 0 Å². The van der Waals surface area contributed by atoms with Gasteiger partial charge in [0, 0.05) is 24.3 Å². The van der Waals surface area contributed by atoms with E-state index in [2.05, 4.69) is 30.8 Å². The maximum atomic E-state index is 4.78. The van der Waals surface area contributed by atoms with Crippen molar-refractivity contribution < 1.29 is 0 Å². The van der Waals surface area contributed by atoms with Gasteiger partial charge < -0.3 is 5.32 Å². The quantitative estimate of drug-likeness (QED) is 0.699. The Hall–Kier alpha value is -0.480. The molecule has 4 heteroatoms. The molecule has 18 heavy (non-hydrogen) atoms. The van der Waals surface area contributed by atoms with Gasteiger partial charge in [-0.25, -0.2) is 0 Å². The predicted molar refractivity (Wildman–Crippen MR) is 81.4 cm³/mol. The van der Waals surface area contributed by atoms with Crippen LogP contribution in [0.1, 0.15) is 44.1 Å². The summed E-state index contributed by atoms with van der Waals surface area (Å²) in [5.74, 6) is 2.45. The van der Waals surface area contributed by atoms with Crippen LogP contribution < -0.4 is 5.32 Å². The van der Waals surface area contributed by atoms with Gasteiger partial charge in [-0.15, -0.1) is 0 Å². The van der Waals surface area contributed by atoms with E-state index in [9.17, 15) is 0 Å². The fourth-order valence-electron chi connectivity index (χ4n) is 2.30. The molecule has 0 aliphatic carbocycles. The van der Waals surface area contributed by atoms with Gasteiger partial charge in [-0.1, -0.05) is 20.8 Å². The molecule has 1 rings (SSSR count). The SMILES string of the molecule is CCSCCCn1nc(CC)c(CNC)c1CC. The van der Waals surface area contributed by atoms with Gasteiger partial charge in [-0.2, -0.15) is 16.9 Å². The van der Waals surface area contributed by atoms with E-state index in [-0.39, 0.29) is 0 Å². The third kappa shape index (κ3) is 4.02. The molecule has 0 fully saturated rings. The summed E-state index contributed by atoms with van der Waals surface area (Å²) in [6.45, 7) is 8.64. The molecule has 0 saturated carbocycles. The molecule has 0 aliphatic rings. The van der Waals surface area contributed by atoms with Crippen LogP contribution in [0.2, 0.25) is 0 Å². The molecular formula is C14H27N3S. The normalized spacial score (nSPS) is 11.1. The average Bonchev–Trinajstić information content (AvgIpc) is 2.72. The highest BCUT2D eigenvalue weighted by atomic mass is 32.2. The maximum Gasteiger partial charge on any atom is 0.0669 e. The second-order valence-corrected chi connectivity index (χ2v) is 5.78. The van der Waals surface area contributed by atoms with Gasteiger partial charge in [0.15, 0.2) is 0 Å². The van der Waals surface area contributed by atoms with E-state index in [4.69, 9.17) is 5.10 Å². The van der Waals surface area contributed by atoms with Crippen LogP contribution in [-0.2, 0) is 25.9 Å². The first-order valence-electron chi connectivity index (χ1n) is 7.08. The van der Waals surface area contributed by atoms with E-state index in [1.165, 1.54) is 34.9 Å². The Balaban J connectivity index is 2.76. The lowest BCUT2D eigenvalue weighted by Gasteiger charge is -2.07. The minimum absolute atomic E-state index is 0.941. The summed E-state index contributed by atoms with van der Waals surface area (Å²) < 4.78 is 2.24. The second-order valence-electron chi connectivity index (χ2n) is 4.38. The molecule has 0 spiro atoms. The largest absolute Gasteiger partial charge is 0.316 e. The van der Waals surface area contributed by atoms with Gasteiger partial charge in [0.1, 0.15) is 0 Å². The number of thioether (sulfide) groups is 1. The lowest BCUT2D eigenvalue weighted by atomic mass is 10.1. The van der Waals surface area contributed by atoms with Crippen LogP contribution in [0.3, 0.4) is 0 Å². The molecule has 0 aromatic carbocycles. The smallest absolute Gasteiger partial charge is 0.0669 e. The number of hydrogen-bond acceptors (Lipinski definition) is 3. The Morgan fingerprint density at radius 2 is 2.00 bits per heavy atom. The van der Waals surface area contributed by atoms with Crippen LogP contribution in [0.25, 0.3) is 0 Å². The standard InChI is InChI=1S/C14H27N3S/c1-5-13-12(11-15-4)14(6-2)17(16-13)9-8-10-18-7-3/h15H,5-11H2,1-4H3. The Bertz CT molecular complexity index is 347. The maximum absolute atomic E-state index is 4.78. The van der Waals surface area contributed by atoms with E-state index in [0.29, 0.717) is 0 Å². The highest BCUT2D eigenvalue weighted by molar-refractivity contribution is 7.99.